The van der Waals surface area contributed by atoms with Crippen molar-refractivity contribution in [3.05, 3.63) is 64.5 Å². The third-order valence-corrected chi connectivity index (χ3v) is 3.67. The lowest BCUT2D eigenvalue weighted by atomic mass is 10.2. The first kappa shape index (κ1) is 15.5. The second kappa shape index (κ2) is 6.38. The second-order valence-electron chi connectivity index (χ2n) is 4.86. The van der Waals surface area contributed by atoms with E-state index in [0.717, 1.165) is 0 Å². The maximum Gasteiger partial charge on any atom is 0.266 e. The van der Waals surface area contributed by atoms with Crippen LogP contribution in [0.2, 0.25) is 0 Å². The first-order valence-electron chi connectivity index (χ1n) is 7.15. The number of hydrogen-bond donors (Lipinski definition) is 0. The molecular weight excluding hydrogens is 319 g/mol. The van der Waals surface area contributed by atoms with E-state index in [1.54, 1.807) is 31.2 Å². The lowest BCUT2D eigenvalue weighted by molar-refractivity contribution is 0.336. The number of ether oxygens (including phenoxy) is 1. The number of nitrogens with zero attached hydrogens (tertiary/aromatic N) is 2. The zero-order chi connectivity index (χ0) is 16.4. The molecule has 0 saturated heterocycles. The van der Waals surface area contributed by atoms with Crippen LogP contribution in [0.5, 0.6) is 5.75 Å². The smallest absolute Gasteiger partial charge is 0.266 e. The molecule has 0 amide bonds. The molecule has 0 aliphatic rings. The van der Waals surface area contributed by atoms with Gasteiger partial charge < -0.3 is 4.74 Å². The van der Waals surface area contributed by atoms with Gasteiger partial charge in [-0.2, -0.15) is 0 Å². The number of halogens is 2. The fourth-order valence-electron chi connectivity index (χ4n) is 2.46. The number of alkyl halides is 1. The lowest BCUT2D eigenvalue weighted by Crippen LogP contribution is -2.24. The molecule has 0 radical (unpaired) electrons. The molecule has 0 atom stereocenters. The number of fused-ring (bicyclic) bond motifs is 1. The number of hydrogen-bond acceptors (Lipinski definition) is 3. The van der Waals surface area contributed by atoms with Crippen molar-refractivity contribution in [2.75, 3.05) is 6.61 Å². The molecule has 0 saturated carbocycles. The summed E-state index contributed by atoms with van der Waals surface area (Å²) in [7, 11) is 0. The van der Waals surface area contributed by atoms with Crippen LogP contribution in [0.15, 0.2) is 47.3 Å². The van der Waals surface area contributed by atoms with Gasteiger partial charge in [0.1, 0.15) is 17.4 Å². The van der Waals surface area contributed by atoms with E-state index in [9.17, 15) is 9.18 Å². The summed E-state index contributed by atoms with van der Waals surface area (Å²) in [6.45, 7) is 2.14. The summed E-state index contributed by atoms with van der Waals surface area (Å²) in [5.74, 6) is 0.260. The summed E-state index contributed by atoms with van der Waals surface area (Å²) >= 11 is 5.98. The van der Waals surface area contributed by atoms with E-state index in [4.69, 9.17) is 16.3 Å². The van der Waals surface area contributed by atoms with E-state index in [1.807, 2.05) is 0 Å². The quantitative estimate of drug-likeness (QED) is 0.685. The molecule has 6 heteroatoms. The molecule has 0 bridgehead atoms. The Morgan fingerprint density at radius 3 is 2.78 bits per heavy atom. The fraction of sp³-hybridized carbons (Fsp3) is 0.176. The Kier molecular flexibility index (Phi) is 4.30. The largest absolute Gasteiger partial charge is 0.492 e. The number of aromatic nitrogens is 2. The van der Waals surface area contributed by atoms with Gasteiger partial charge in [-0.05, 0) is 31.2 Å². The Morgan fingerprint density at radius 1 is 1.26 bits per heavy atom. The minimum Gasteiger partial charge on any atom is -0.492 e. The van der Waals surface area contributed by atoms with Gasteiger partial charge in [0.05, 0.1) is 29.1 Å². The van der Waals surface area contributed by atoms with E-state index >= 15 is 0 Å². The Balaban J connectivity index is 2.36. The van der Waals surface area contributed by atoms with Crippen LogP contribution in [0.3, 0.4) is 0 Å². The van der Waals surface area contributed by atoms with Crippen molar-refractivity contribution in [1.29, 1.82) is 0 Å². The fourth-order valence-corrected chi connectivity index (χ4v) is 2.64. The molecule has 1 heterocycles. The first-order valence-corrected chi connectivity index (χ1v) is 7.68. The van der Waals surface area contributed by atoms with Crippen LogP contribution in [0.4, 0.5) is 4.39 Å². The molecule has 23 heavy (non-hydrogen) atoms. The highest BCUT2D eigenvalue weighted by atomic mass is 35.5. The van der Waals surface area contributed by atoms with Crippen molar-refractivity contribution in [3.8, 4) is 11.4 Å². The van der Waals surface area contributed by atoms with Crippen LogP contribution < -0.4 is 10.3 Å². The highest BCUT2D eigenvalue weighted by Gasteiger charge is 2.16. The highest BCUT2D eigenvalue weighted by molar-refractivity contribution is 6.16. The van der Waals surface area contributed by atoms with Crippen molar-refractivity contribution in [2.24, 2.45) is 0 Å². The summed E-state index contributed by atoms with van der Waals surface area (Å²) in [6.07, 6.45) is 0. The molecule has 2 aromatic carbocycles. The minimum atomic E-state index is -0.438. The summed E-state index contributed by atoms with van der Waals surface area (Å²) in [5, 5.41) is 0.466. The second-order valence-corrected chi connectivity index (χ2v) is 5.13. The van der Waals surface area contributed by atoms with Gasteiger partial charge in [-0.15, -0.1) is 11.6 Å². The Morgan fingerprint density at radius 2 is 2.04 bits per heavy atom. The topological polar surface area (TPSA) is 44.1 Å². The monoisotopic (exact) mass is 332 g/mol. The van der Waals surface area contributed by atoms with Gasteiger partial charge in [0.2, 0.25) is 0 Å². The average Bonchev–Trinajstić information content (AvgIpc) is 2.56. The van der Waals surface area contributed by atoms with Crippen molar-refractivity contribution < 1.29 is 9.13 Å². The summed E-state index contributed by atoms with van der Waals surface area (Å²) in [6, 6.07) is 11.0. The molecule has 0 aliphatic carbocycles. The lowest BCUT2D eigenvalue weighted by Gasteiger charge is -2.15. The van der Waals surface area contributed by atoms with Crippen molar-refractivity contribution in [1.82, 2.24) is 9.55 Å². The van der Waals surface area contributed by atoms with Crippen molar-refractivity contribution in [2.45, 2.75) is 12.8 Å². The molecule has 1 aromatic heterocycles. The highest BCUT2D eigenvalue weighted by Crippen LogP contribution is 2.25. The molecule has 0 aliphatic heterocycles. The van der Waals surface area contributed by atoms with Gasteiger partial charge >= 0.3 is 0 Å². The average molecular weight is 333 g/mol. The first-order chi connectivity index (χ1) is 11.2. The van der Waals surface area contributed by atoms with Gasteiger partial charge in [0, 0.05) is 6.07 Å². The molecule has 118 valence electrons. The van der Waals surface area contributed by atoms with Gasteiger partial charge in [-0.1, -0.05) is 12.1 Å². The normalized spacial score (nSPS) is 10.9. The Labute approximate surface area is 137 Å². The van der Waals surface area contributed by atoms with Crippen molar-refractivity contribution in [3.63, 3.8) is 0 Å². The van der Waals surface area contributed by atoms with Crippen LogP contribution in [-0.4, -0.2) is 16.2 Å². The number of para-hydroxylation sites is 1. The minimum absolute atomic E-state index is 0.0447. The van der Waals surface area contributed by atoms with E-state index in [2.05, 4.69) is 4.98 Å². The maximum absolute atomic E-state index is 13.5. The third kappa shape index (κ3) is 2.80. The SMILES string of the molecule is CCOc1cc(F)ccc1-n1c(CCl)nc2ccccc2c1=O. The van der Waals surface area contributed by atoms with Gasteiger partial charge in [0.15, 0.2) is 0 Å². The van der Waals surface area contributed by atoms with Crippen LogP contribution in [0, 0.1) is 5.82 Å². The van der Waals surface area contributed by atoms with Gasteiger partial charge in [0.25, 0.3) is 5.56 Å². The van der Waals surface area contributed by atoms with Crippen LogP contribution in [-0.2, 0) is 5.88 Å². The van der Waals surface area contributed by atoms with Crippen LogP contribution >= 0.6 is 11.6 Å². The predicted octanol–water partition coefficient (Wildman–Crippen LogP) is 3.66. The zero-order valence-electron chi connectivity index (χ0n) is 12.4. The molecule has 0 unspecified atom stereocenters. The predicted molar refractivity (Wildman–Crippen MR) is 88.0 cm³/mol. The van der Waals surface area contributed by atoms with E-state index in [0.29, 0.717) is 29.0 Å². The summed E-state index contributed by atoms with van der Waals surface area (Å²) in [5.41, 5.74) is 0.732. The molecular formula is C17H14ClFN2O2. The van der Waals surface area contributed by atoms with E-state index in [1.165, 1.54) is 22.8 Å². The number of rotatable bonds is 4. The molecule has 0 N–H and O–H groups in total. The Bertz CT molecular complexity index is 924. The molecule has 3 aromatic rings. The maximum atomic E-state index is 13.5. The van der Waals surface area contributed by atoms with Crippen LogP contribution in [0.1, 0.15) is 12.7 Å². The Hall–Kier alpha value is -2.40. The van der Waals surface area contributed by atoms with Crippen molar-refractivity contribution >= 4 is 22.5 Å². The number of benzene rings is 2. The van der Waals surface area contributed by atoms with Crippen LogP contribution in [0.25, 0.3) is 16.6 Å². The molecule has 4 nitrogen and oxygen atoms in total. The van der Waals surface area contributed by atoms with E-state index < -0.39 is 5.82 Å². The molecule has 0 fully saturated rings. The zero-order valence-corrected chi connectivity index (χ0v) is 13.2. The summed E-state index contributed by atoms with van der Waals surface area (Å²) < 4.78 is 20.4. The van der Waals surface area contributed by atoms with E-state index in [-0.39, 0.29) is 17.2 Å². The molecule has 0 spiro atoms. The van der Waals surface area contributed by atoms with Gasteiger partial charge in [-0.3, -0.25) is 9.36 Å². The summed E-state index contributed by atoms with van der Waals surface area (Å²) in [4.78, 5) is 17.3. The molecule has 3 rings (SSSR count). The standard InChI is InChI=1S/C17H14ClFN2O2/c1-2-23-15-9-11(19)7-8-14(15)21-16(10-18)20-13-6-4-3-5-12(13)17(21)22/h3-9H,2,10H2,1H3. The third-order valence-electron chi connectivity index (χ3n) is 3.43. The van der Waals surface area contributed by atoms with Gasteiger partial charge in [-0.25, -0.2) is 9.37 Å².